The molecule has 1 spiro atoms. The lowest BCUT2D eigenvalue weighted by molar-refractivity contribution is -0.146. The second-order valence-corrected chi connectivity index (χ2v) is 8.44. The summed E-state index contributed by atoms with van der Waals surface area (Å²) in [6.07, 6.45) is 2.44. The number of β-amino-alcohol motifs (C(OH)–C–C–N with tert-alkyl or cyclic N) is 1. The summed E-state index contributed by atoms with van der Waals surface area (Å²) in [6, 6.07) is 5.38. The predicted molar refractivity (Wildman–Crippen MR) is 97.8 cm³/mol. The molecule has 7 nitrogen and oxygen atoms in total. The largest absolute Gasteiger partial charge is 0.391 e. The molecule has 2 saturated heterocycles. The Bertz CT molecular complexity index is 752. The van der Waals surface area contributed by atoms with Crippen molar-refractivity contribution in [2.45, 2.75) is 43.7 Å². The predicted octanol–water partition coefficient (Wildman–Crippen LogP) is 0.766. The highest BCUT2D eigenvalue weighted by atomic mass is 19.1. The summed E-state index contributed by atoms with van der Waals surface area (Å²) in [4.78, 5) is 26.8. The van der Waals surface area contributed by atoms with E-state index in [0.29, 0.717) is 25.9 Å². The summed E-state index contributed by atoms with van der Waals surface area (Å²) in [7, 11) is 0. The van der Waals surface area contributed by atoms with Gasteiger partial charge in [0.1, 0.15) is 5.82 Å². The average molecular weight is 391 g/mol. The number of carbonyl (C=O) groups excluding carboxylic acids is 2. The molecular weight excluding hydrogens is 365 g/mol. The molecule has 1 saturated carbocycles. The van der Waals surface area contributed by atoms with Gasteiger partial charge in [0, 0.05) is 25.6 Å². The van der Waals surface area contributed by atoms with Crippen LogP contribution in [-0.4, -0.2) is 58.8 Å². The van der Waals surface area contributed by atoms with Gasteiger partial charge in [0.2, 0.25) is 11.8 Å². The molecule has 4 unspecified atom stereocenters. The Kier molecular flexibility index (Phi) is 5.11. The SMILES string of the molecule is O=C(NO)C1CC2(CC2)CNC1C(=O)N1CCC(c2ccc(F)cc2)C(O)C1. The number of amides is 2. The van der Waals surface area contributed by atoms with E-state index in [9.17, 15) is 19.1 Å². The van der Waals surface area contributed by atoms with Crippen molar-refractivity contribution in [1.82, 2.24) is 15.7 Å². The fourth-order valence-corrected chi connectivity index (χ4v) is 4.70. The van der Waals surface area contributed by atoms with Crippen LogP contribution in [0.15, 0.2) is 24.3 Å². The van der Waals surface area contributed by atoms with Crippen molar-refractivity contribution in [3.63, 3.8) is 0 Å². The van der Waals surface area contributed by atoms with Crippen LogP contribution in [-0.2, 0) is 9.59 Å². The Balaban J connectivity index is 1.43. The van der Waals surface area contributed by atoms with Crippen LogP contribution in [0.1, 0.15) is 37.2 Å². The summed E-state index contributed by atoms with van der Waals surface area (Å²) in [5, 5.41) is 22.9. The Morgan fingerprint density at radius 2 is 1.96 bits per heavy atom. The van der Waals surface area contributed by atoms with Gasteiger partial charge in [0.25, 0.3) is 0 Å². The summed E-state index contributed by atoms with van der Waals surface area (Å²) < 4.78 is 13.1. The third kappa shape index (κ3) is 3.64. The van der Waals surface area contributed by atoms with Gasteiger partial charge in [-0.25, -0.2) is 9.87 Å². The number of rotatable bonds is 3. The number of carbonyl (C=O) groups is 2. The molecule has 152 valence electrons. The maximum absolute atomic E-state index is 13.1. The minimum atomic E-state index is -0.758. The molecule has 0 radical (unpaired) electrons. The van der Waals surface area contributed by atoms with E-state index in [4.69, 9.17) is 5.21 Å². The first kappa shape index (κ1) is 19.3. The van der Waals surface area contributed by atoms with Crippen LogP contribution in [0.5, 0.6) is 0 Å². The molecule has 2 amide bonds. The molecule has 2 heterocycles. The van der Waals surface area contributed by atoms with E-state index in [1.165, 1.54) is 12.1 Å². The van der Waals surface area contributed by atoms with Crippen molar-refractivity contribution in [2.75, 3.05) is 19.6 Å². The van der Waals surface area contributed by atoms with Crippen LogP contribution >= 0.6 is 0 Å². The Hall–Kier alpha value is -2.03. The summed E-state index contributed by atoms with van der Waals surface area (Å²) in [6.45, 7) is 1.31. The van der Waals surface area contributed by atoms with Crippen LogP contribution in [0.2, 0.25) is 0 Å². The molecule has 28 heavy (non-hydrogen) atoms. The van der Waals surface area contributed by atoms with Gasteiger partial charge in [0.05, 0.1) is 18.1 Å². The van der Waals surface area contributed by atoms with E-state index in [0.717, 1.165) is 18.4 Å². The Labute approximate surface area is 162 Å². The van der Waals surface area contributed by atoms with Gasteiger partial charge in [-0.3, -0.25) is 14.8 Å². The number of aliphatic hydroxyl groups excluding tert-OH is 1. The van der Waals surface area contributed by atoms with E-state index in [1.54, 1.807) is 22.5 Å². The van der Waals surface area contributed by atoms with Crippen molar-refractivity contribution in [2.24, 2.45) is 11.3 Å². The number of nitrogens with zero attached hydrogens (tertiary/aromatic N) is 1. The minimum absolute atomic E-state index is 0.0725. The maximum atomic E-state index is 13.1. The highest BCUT2D eigenvalue weighted by Gasteiger charge is 2.53. The number of aliphatic hydroxyl groups is 1. The second-order valence-electron chi connectivity index (χ2n) is 8.44. The highest BCUT2D eigenvalue weighted by molar-refractivity contribution is 5.90. The Morgan fingerprint density at radius 3 is 2.57 bits per heavy atom. The number of likely N-dealkylation sites (tertiary alicyclic amines) is 1. The van der Waals surface area contributed by atoms with Crippen molar-refractivity contribution < 1.29 is 24.3 Å². The molecule has 1 aliphatic carbocycles. The summed E-state index contributed by atoms with van der Waals surface area (Å²) in [5.41, 5.74) is 2.62. The molecule has 8 heteroatoms. The number of benzene rings is 1. The van der Waals surface area contributed by atoms with Crippen molar-refractivity contribution >= 4 is 11.8 Å². The van der Waals surface area contributed by atoms with Crippen molar-refractivity contribution in [1.29, 1.82) is 0 Å². The third-order valence-corrected chi connectivity index (χ3v) is 6.61. The third-order valence-electron chi connectivity index (χ3n) is 6.61. The monoisotopic (exact) mass is 391 g/mol. The fraction of sp³-hybridized carbons (Fsp3) is 0.600. The first-order valence-corrected chi connectivity index (χ1v) is 9.82. The summed E-state index contributed by atoms with van der Waals surface area (Å²) >= 11 is 0. The van der Waals surface area contributed by atoms with Gasteiger partial charge in [-0.15, -0.1) is 0 Å². The quantitative estimate of drug-likeness (QED) is 0.450. The van der Waals surface area contributed by atoms with Gasteiger partial charge >= 0.3 is 0 Å². The number of piperidine rings is 2. The number of hydrogen-bond donors (Lipinski definition) is 4. The van der Waals surface area contributed by atoms with E-state index in [1.807, 2.05) is 0 Å². The van der Waals surface area contributed by atoms with Crippen LogP contribution < -0.4 is 10.8 Å². The lowest BCUT2D eigenvalue weighted by Gasteiger charge is -2.41. The van der Waals surface area contributed by atoms with E-state index in [2.05, 4.69) is 5.32 Å². The first-order chi connectivity index (χ1) is 13.4. The molecule has 3 aliphatic rings. The molecule has 1 aromatic carbocycles. The summed E-state index contributed by atoms with van der Waals surface area (Å²) in [5.74, 6) is -1.87. The highest BCUT2D eigenvalue weighted by Crippen LogP contribution is 2.52. The topological polar surface area (TPSA) is 102 Å². The average Bonchev–Trinajstić information content (AvgIpc) is 3.46. The normalized spacial score (nSPS) is 31.5. The zero-order valence-electron chi connectivity index (χ0n) is 15.6. The Morgan fingerprint density at radius 1 is 1.25 bits per heavy atom. The van der Waals surface area contributed by atoms with E-state index in [-0.39, 0.29) is 29.6 Å². The van der Waals surface area contributed by atoms with Gasteiger partial charge in [-0.05, 0) is 48.8 Å². The van der Waals surface area contributed by atoms with Crippen LogP contribution in [0.25, 0.3) is 0 Å². The molecule has 4 rings (SSSR count). The van der Waals surface area contributed by atoms with Gasteiger partial charge in [-0.2, -0.15) is 0 Å². The first-order valence-electron chi connectivity index (χ1n) is 9.82. The lowest BCUT2D eigenvalue weighted by atomic mass is 9.80. The van der Waals surface area contributed by atoms with Crippen LogP contribution in [0, 0.1) is 17.2 Å². The molecule has 4 N–H and O–H groups in total. The second kappa shape index (κ2) is 7.42. The smallest absolute Gasteiger partial charge is 0.248 e. The van der Waals surface area contributed by atoms with Crippen LogP contribution in [0.3, 0.4) is 0 Å². The molecule has 1 aromatic rings. The molecule has 2 aliphatic heterocycles. The number of hydrogen-bond acceptors (Lipinski definition) is 5. The van der Waals surface area contributed by atoms with Gasteiger partial charge in [-0.1, -0.05) is 12.1 Å². The van der Waals surface area contributed by atoms with Gasteiger partial charge < -0.3 is 15.3 Å². The van der Waals surface area contributed by atoms with Crippen molar-refractivity contribution in [3.8, 4) is 0 Å². The van der Waals surface area contributed by atoms with Crippen LogP contribution in [0.4, 0.5) is 4.39 Å². The van der Waals surface area contributed by atoms with E-state index < -0.39 is 24.0 Å². The lowest BCUT2D eigenvalue weighted by Crippen LogP contribution is -2.60. The van der Waals surface area contributed by atoms with E-state index >= 15 is 0 Å². The molecule has 0 bridgehead atoms. The number of halogens is 1. The number of hydroxylamine groups is 1. The fourth-order valence-electron chi connectivity index (χ4n) is 4.70. The van der Waals surface area contributed by atoms with Gasteiger partial charge in [0.15, 0.2) is 0 Å². The zero-order chi connectivity index (χ0) is 19.9. The standard InChI is InChI=1S/C20H26FN3O4/c21-13-3-1-12(2-4-13)14-5-8-24(10-16(14)25)19(27)17-15(18(26)23-28)9-20(6-7-20)11-22-17/h1-4,14-17,22,25,28H,5-11H2,(H,23,26). The molecule has 3 fully saturated rings. The molecule has 0 aromatic heterocycles. The number of nitrogens with one attached hydrogen (secondary N) is 2. The minimum Gasteiger partial charge on any atom is -0.391 e. The molecular formula is C20H26FN3O4. The van der Waals surface area contributed by atoms with Crippen molar-refractivity contribution in [3.05, 3.63) is 35.6 Å². The molecule has 4 atom stereocenters. The zero-order valence-corrected chi connectivity index (χ0v) is 15.6. The maximum Gasteiger partial charge on any atom is 0.248 e.